The van der Waals surface area contributed by atoms with Crippen molar-refractivity contribution in [3.8, 4) is 23.0 Å². The minimum absolute atomic E-state index is 0.00540. The van der Waals surface area contributed by atoms with Gasteiger partial charge in [0, 0.05) is 39.9 Å². The molecule has 2 N–H and O–H groups in total. The molecule has 0 aromatic heterocycles. The van der Waals surface area contributed by atoms with E-state index in [0.717, 1.165) is 78.3 Å². The van der Waals surface area contributed by atoms with E-state index in [9.17, 15) is 19.8 Å². The third kappa shape index (κ3) is 13.5. The first-order chi connectivity index (χ1) is 30.8. The zero-order chi connectivity index (χ0) is 48.8. The summed E-state index contributed by atoms with van der Waals surface area (Å²) in [5.41, 5.74) is 11.0. The maximum absolute atomic E-state index is 12.0. The van der Waals surface area contributed by atoms with Gasteiger partial charge in [-0.3, -0.25) is 9.59 Å². The van der Waals surface area contributed by atoms with Gasteiger partial charge in [-0.25, -0.2) is 0 Å². The van der Waals surface area contributed by atoms with Crippen LogP contribution < -0.4 is 18.9 Å². The molecule has 0 saturated heterocycles. The average Bonchev–Trinajstić information content (AvgIpc) is 3.19. The van der Waals surface area contributed by atoms with Crippen molar-refractivity contribution in [1.29, 1.82) is 0 Å². The van der Waals surface area contributed by atoms with Crippen molar-refractivity contribution in [1.82, 2.24) is 0 Å². The van der Waals surface area contributed by atoms with Crippen LogP contribution in [0.1, 0.15) is 163 Å². The third-order valence-electron chi connectivity index (χ3n) is 12.2. The van der Waals surface area contributed by atoms with Gasteiger partial charge in [0.15, 0.2) is 0 Å². The predicted octanol–water partition coefficient (Wildman–Crippen LogP) is 11.3. The lowest BCUT2D eigenvalue weighted by Gasteiger charge is -2.29. The van der Waals surface area contributed by atoms with E-state index in [1.165, 1.54) is 0 Å². The molecule has 0 saturated carbocycles. The highest BCUT2D eigenvalue weighted by Gasteiger charge is 2.29. The fourth-order valence-electron chi connectivity index (χ4n) is 8.30. The van der Waals surface area contributed by atoms with Crippen molar-refractivity contribution in [3.05, 3.63) is 115 Å². The highest BCUT2D eigenvalue weighted by molar-refractivity contribution is 5.67. The monoisotopic (exact) mass is 909 g/mol. The molecule has 360 valence electrons. The molecular weight excluding hydrogens is 833 g/mol. The van der Waals surface area contributed by atoms with Crippen LogP contribution in [0, 0.1) is 0 Å². The van der Waals surface area contributed by atoms with Gasteiger partial charge in [-0.2, -0.15) is 0 Å². The fraction of sp³-hybridized carbons (Fsp3) is 0.536. The van der Waals surface area contributed by atoms with Crippen LogP contribution in [0.4, 0.5) is 0 Å². The number of carbonyl (C=O) groups is 2. The molecule has 0 fully saturated rings. The summed E-state index contributed by atoms with van der Waals surface area (Å²) in [7, 11) is 3.32. The largest absolute Gasteiger partial charge is 0.492 e. The maximum atomic E-state index is 12.0. The topological polar surface area (TPSA) is 130 Å². The molecule has 1 aliphatic rings. The molecule has 0 heterocycles. The lowest BCUT2D eigenvalue weighted by atomic mass is 9.79. The van der Waals surface area contributed by atoms with Crippen molar-refractivity contribution < 1.29 is 48.2 Å². The van der Waals surface area contributed by atoms with Gasteiger partial charge in [-0.05, 0) is 88.4 Å². The van der Waals surface area contributed by atoms with Crippen LogP contribution >= 0.6 is 0 Å². The quantitative estimate of drug-likeness (QED) is 0.0923. The minimum Gasteiger partial charge on any atom is -0.492 e. The second kappa shape index (κ2) is 21.3. The van der Waals surface area contributed by atoms with Gasteiger partial charge in [0.2, 0.25) is 0 Å². The summed E-state index contributed by atoms with van der Waals surface area (Å²) in [4.78, 5) is 24.0. The minimum atomic E-state index is -0.935. The second-order valence-corrected chi connectivity index (χ2v) is 21.9. The van der Waals surface area contributed by atoms with Gasteiger partial charge in [0.25, 0.3) is 0 Å². The second-order valence-electron chi connectivity index (χ2n) is 21.9. The Bertz CT molecular complexity index is 2080. The lowest BCUT2D eigenvalue weighted by Crippen LogP contribution is -2.18. The van der Waals surface area contributed by atoms with Gasteiger partial charge >= 0.3 is 11.9 Å². The first-order valence-corrected chi connectivity index (χ1v) is 23.4. The number of methoxy groups -OCH3 is 2. The van der Waals surface area contributed by atoms with Gasteiger partial charge < -0.3 is 38.6 Å². The molecule has 8 bridgehead atoms. The summed E-state index contributed by atoms with van der Waals surface area (Å²) in [5.74, 6) is 0.911. The zero-order valence-electron chi connectivity index (χ0n) is 42.3. The third-order valence-corrected chi connectivity index (χ3v) is 12.2. The maximum Gasteiger partial charge on any atom is 0.306 e. The molecule has 5 rings (SSSR count). The van der Waals surface area contributed by atoms with Crippen LogP contribution in [-0.2, 0) is 66.4 Å². The molecule has 0 spiro atoms. The van der Waals surface area contributed by atoms with Crippen molar-refractivity contribution >= 4 is 11.9 Å². The van der Waals surface area contributed by atoms with E-state index in [4.69, 9.17) is 28.4 Å². The van der Waals surface area contributed by atoms with Gasteiger partial charge in [-0.1, -0.05) is 132 Å². The molecule has 10 heteroatoms. The number of carboxylic acids is 2. The molecule has 10 nitrogen and oxygen atoms in total. The highest BCUT2D eigenvalue weighted by atomic mass is 16.5. The van der Waals surface area contributed by atoms with Crippen LogP contribution in [0.15, 0.2) is 48.5 Å². The lowest BCUT2D eigenvalue weighted by molar-refractivity contribution is -0.138. The average molecular weight is 909 g/mol. The summed E-state index contributed by atoms with van der Waals surface area (Å²) in [6, 6.07) is 17.8. The summed E-state index contributed by atoms with van der Waals surface area (Å²) in [6.07, 6.45) is 1.40. The van der Waals surface area contributed by atoms with Crippen LogP contribution in [-0.4, -0.2) is 76.0 Å². The highest BCUT2D eigenvalue weighted by Crippen LogP contribution is 2.44. The van der Waals surface area contributed by atoms with Crippen molar-refractivity contribution in [2.45, 2.75) is 143 Å². The molecule has 4 aromatic rings. The van der Waals surface area contributed by atoms with Crippen LogP contribution in [0.3, 0.4) is 0 Å². The number of benzene rings is 4. The van der Waals surface area contributed by atoms with Crippen molar-refractivity contribution in [2.75, 3.05) is 53.9 Å². The summed E-state index contributed by atoms with van der Waals surface area (Å²) < 4.78 is 38.1. The van der Waals surface area contributed by atoms with E-state index in [2.05, 4.69) is 132 Å². The van der Waals surface area contributed by atoms with Crippen LogP contribution in [0.2, 0.25) is 0 Å². The van der Waals surface area contributed by atoms with E-state index in [1.54, 1.807) is 14.2 Å². The molecule has 1 aliphatic carbocycles. The Kier molecular flexibility index (Phi) is 16.7. The Morgan fingerprint density at radius 3 is 0.742 bits per heavy atom. The van der Waals surface area contributed by atoms with Crippen LogP contribution in [0.5, 0.6) is 23.0 Å². The first-order valence-electron chi connectivity index (χ1n) is 23.4. The smallest absolute Gasteiger partial charge is 0.306 e. The molecule has 0 radical (unpaired) electrons. The standard InChI is InChI=1S/C56H76O10/c1-53(2,3)43-27-35-23-39-31-45(55(7,8)9)33-41(51(39)65-21-19-61-13)25-37-29-44(54(4,5)6)30-38(50(37)64-18-16-48(59)60)26-42-34-46(56(10,11)12)32-40(52(42)66-22-20-62-14)24-36(28-43)49(35)63-17-15-47(57)58/h27-34H,15-26H2,1-14H3,(H,57,58)(H,59,60). The Morgan fingerprint density at radius 1 is 0.379 bits per heavy atom. The molecule has 0 amide bonds. The van der Waals surface area contributed by atoms with E-state index >= 15 is 0 Å². The Labute approximate surface area is 394 Å². The first kappa shape index (κ1) is 51.9. The molecule has 0 atom stereocenters. The molecular formula is C56H76O10. The zero-order valence-corrected chi connectivity index (χ0v) is 42.3. The molecule has 0 aliphatic heterocycles. The number of hydrogen-bond acceptors (Lipinski definition) is 8. The number of aliphatic carboxylic acids is 2. The van der Waals surface area contributed by atoms with E-state index in [0.29, 0.717) is 63.6 Å². The number of ether oxygens (including phenoxy) is 6. The van der Waals surface area contributed by atoms with Gasteiger partial charge in [-0.15, -0.1) is 0 Å². The van der Waals surface area contributed by atoms with Crippen molar-refractivity contribution in [3.63, 3.8) is 0 Å². The molecule has 0 unspecified atom stereocenters. The number of hydrogen-bond donors (Lipinski definition) is 2. The Morgan fingerprint density at radius 2 is 0.576 bits per heavy atom. The van der Waals surface area contributed by atoms with E-state index in [1.807, 2.05) is 0 Å². The van der Waals surface area contributed by atoms with E-state index in [-0.39, 0.29) is 47.7 Å². The normalized spacial score (nSPS) is 13.3. The predicted molar refractivity (Wildman–Crippen MR) is 262 cm³/mol. The Balaban J connectivity index is 2.02. The Hall–Kier alpha value is -5.06. The summed E-state index contributed by atoms with van der Waals surface area (Å²) in [6.45, 7) is 27.8. The fourth-order valence-corrected chi connectivity index (χ4v) is 8.30. The molecule has 4 aromatic carbocycles. The number of fused-ring (bicyclic) bond motifs is 8. The summed E-state index contributed by atoms with van der Waals surface area (Å²) in [5, 5.41) is 19.7. The summed E-state index contributed by atoms with van der Waals surface area (Å²) >= 11 is 0. The van der Waals surface area contributed by atoms with Gasteiger partial charge in [0.1, 0.15) is 36.2 Å². The van der Waals surface area contributed by atoms with Crippen LogP contribution in [0.25, 0.3) is 0 Å². The number of carboxylic acid groups (broad SMARTS) is 2. The van der Waals surface area contributed by atoms with E-state index < -0.39 is 11.9 Å². The number of rotatable bonds is 16. The SMILES string of the molecule is COCCOc1c2cc(C(C)(C)C)cc1Cc1cc(C(C)(C)C)cc(c1OCCC(=O)O)Cc1cc(C(C)(C)C)cc(c1OCCOC)Cc1cc(C(C)(C)C)cc(c1OCCC(=O)O)C2. The molecule has 66 heavy (non-hydrogen) atoms. The van der Waals surface area contributed by atoms with Crippen molar-refractivity contribution in [2.24, 2.45) is 0 Å². The van der Waals surface area contributed by atoms with Gasteiger partial charge in [0.05, 0.1) is 39.3 Å².